The van der Waals surface area contributed by atoms with E-state index >= 15 is 0 Å². The van der Waals surface area contributed by atoms with Gasteiger partial charge in [0.25, 0.3) is 5.91 Å². The molecule has 33 heavy (non-hydrogen) atoms. The minimum atomic E-state index is -1.50. The first-order chi connectivity index (χ1) is 15.5. The fraction of sp³-hybridized carbons (Fsp3) is 0.474. The molecule has 0 spiro atoms. The van der Waals surface area contributed by atoms with Gasteiger partial charge in [-0.05, 0) is 37.8 Å². The molecular formula is C19H25FN4O9. The number of carboxylic acids is 3. The first-order valence-electron chi connectivity index (χ1n) is 9.78. The number of amides is 3. The Labute approximate surface area is 187 Å². The minimum Gasteiger partial charge on any atom is -0.481 e. The van der Waals surface area contributed by atoms with Crippen LogP contribution in [0.3, 0.4) is 0 Å². The van der Waals surface area contributed by atoms with Crippen LogP contribution in [0.5, 0.6) is 5.88 Å². The van der Waals surface area contributed by atoms with Crippen molar-refractivity contribution in [1.82, 2.24) is 20.9 Å². The number of carbonyl (C=O) groups excluding carboxylic acids is 2. The quantitative estimate of drug-likeness (QED) is 0.160. The Morgan fingerprint density at radius 2 is 1.61 bits per heavy atom. The standard InChI is InChI=1S/C19H25FN4O9/c1-33-16-10(5-7-13(20)24-16)15(27)21-9-3-2-4-11(17(28)29)22-19(32)23-12(18(30)31)6-8-14(25)26/h5,7,11-12H,2-4,6,8-9H2,1H3,(H,21,27)(H,25,26)(H,28,29)(H,30,31)(H2,22,23,32)/t11-,12-/m0/s1. The summed E-state index contributed by atoms with van der Waals surface area (Å²) < 4.78 is 18.0. The molecule has 0 aliphatic carbocycles. The predicted octanol–water partition coefficient (Wildman–Crippen LogP) is 0.200. The number of rotatable bonds is 14. The highest BCUT2D eigenvalue weighted by Crippen LogP contribution is 2.15. The molecule has 1 heterocycles. The summed E-state index contributed by atoms with van der Waals surface area (Å²) in [5.41, 5.74) is 0.0246. The first-order valence-corrected chi connectivity index (χ1v) is 9.78. The minimum absolute atomic E-state index is 0.0209. The maximum absolute atomic E-state index is 13.1. The lowest BCUT2D eigenvalue weighted by Gasteiger charge is -2.18. The highest BCUT2D eigenvalue weighted by molar-refractivity contribution is 5.96. The lowest BCUT2D eigenvalue weighted by Crippen LogP contribution is -2.51. The highest BCUT2D eigenvalue weighted by Gasteiger charge is 2.24. The molecule has 0 radical (unpaired) electrons. The van der Waals surface area contributed by atoms with E-state index in [0.29, 0.717) is 6.42 Å². The number of aliphatic carboxylic acids is 3. The number of unbranched alkanes of at least 4 members (excludes halogenated alkanes) is 1. The van der Waals surface area contributed by atoms with E-state index < -0.39 is 54.3 Å². The van der Waals surface area contributed by atoms with Crippen molar-refractivity contribution >= 4 is 29.8 Å². The second-order valence-corrected chi connectivity index (χ2v) is 6.77. The zero-order valence-electron chi connectivity index (χ0n) is 17.7. The third kappa shape index (κ3) is 9.80. The molecule has 14 heteroatoms. The Balaban J connectivity index is 2.48. The fourth-order valence-electron chi connectivity index (χ4n) is 2.66. The van der Waals surface area contributed by atoms with Crippen molar-refractivity contribution in [2.75, 3.05) is 13.7 Å². The van der Waals surface area contributed by atoms with E-state index in [1.54, 1.807) is 0 Å². The van der Waals surface area contributed by atoms with E-state index in [9.17, 15) is 33.5 Å². The molecule has 3 amide bonds. The highest BCUT2D eigenvalue weighted by atomic mass is 19.1. The lowest BCUT2D eigenvalue weighted by molar-refractivity contribution is -0.140. The average molecular weight is 472 g/mol. The average Bonchev–Trinajstić information content (AvgIpc) is 2.74. The van der Waals surface area contributed by atoms with Crippen LogP contribution in [0.25, 0.3) is 0 Å². The summed E-state index contributed by atoms with van der Waals surface area (Å²) in [5.74, 6) is -5.61. The van der Waals surface area contributed by atoms with Gasteiger partial charge in [0.15, 0.2) is 0 Å². The van der Waals surface area contributed by atoms with Crippen molar-refractivity contribution in [3.05, 3.63) is 23.6 Å². The molecule has 0 aromatic carbocycles. The van der Waals surface area contributed by atoms with Crippen LogP contribution in [0.4, 0.5) is 9.18 Å². The summed E-state index contributed by atoms with van der Waals surface area (Å²) in [6.45, 7) is 0.147. The third-order valence-electron chi connectivity index (χ3n) is 4.32. The van der Waals surface area contributed by atoms with Gasteiger partial charge >= 0.3 is 23.9 Å². The molecule has 0 bridgehead atoms. The van der Waals surface area contributed by atoms with Gasteiger partial charge < -0.3 is 36.0 Å². The Kier molecular flexibility index (Phi) is 11.0. The fourth-order valence-corrected chi connectivity index (χ4v) is 2.66. The number of halogens is 1. The van der Waals surface area contributed by atoms with Crippen LogP contribution < -0.4 is 20.7 Å². The van der Waals surface area contributed by atoms with Crippen LogP contribution in [0.15, 0.2) is 12.1 Å². The molecule has 6 N–H and O–H groups in total. The number of ether oxygens (including phenoxy) is 1. The maximum atomic E-state index is 13.1. The Bertz CT molecular complexity index is 881. The van der Waals surface area contributed by atoms with Gasteiger partial charge in [0.1, 0.15) is 17.6 Å². The molecule has 0 fully saturated rings. The lowest BCUT2D eigenvalue weighted by atomic mass is 10.1. The summed E-state index contributed by atoms with van der Waals surface area (Å²) in [7, 11) is 1.23. The van der Waals surface area contributed by atoms with E-state index in [1.165, 1.54) is 13.2 Å². The molecule has 1 rings (SSSR count). The molecule has 1 aromatic rings. The van der Waals surface area contributed by atoms with E-state index in [2.05, 4.69) is 15.6 Å². The van der Waals surface area contributed by atoms with Crippen molar-refractivity contribution in [2.24, 2.45) is 0 Å². The van der Waals surface area contributed by atoms with E-state index in [4.69, 9.17) is 14.9 Å². The van der Waals surface area contributed by atoms with Crippen molar-refractivity contribution < 1.29 is 48.4 Å². The van der Waals surface area contributed by atoms with Crippen LogP contribution in [0.1, 0.15) is 42.5 Å². The largest absolute Gasteiger partial charge is 0.481 e. The van der Waals surface area contributed by atoms with Crippen LogP contribution >= 0.6 is 0 Å². The van der Waals surface area contributed by atoms with Gasteiger partial charge in [-0.25, -0.2) is 14.4 Å². The summed E-state index contributed by atoms with van der Waals surface area (Å²) in [6, 6.07) is -1.69. The Morgan fingerprint density at radius 3 is 2.15 bits per heavy atom. The number of urea groups is 1. The number of methoxy groups -OCH3 is 1. The zero-order chi connectivity index (χ0) is 25.0. The van der Waals surface area contributed by atoms with Crippen LogP contribution in [0, 0.1) is 5.95 Å². The second kappa shape index (κ2) is 13.4. The number of nitrogens with one attached hydrogen (secondary N) is 3. The molecule has 0 aliphatic heterocycles. The van der Waals surface area contributed by atoms with Gasteiger partial charge in [0.2, 0.25) is 11.8 Å². The molecule has 13 nitrogen and oxygen atoms in total. The number of carbonyl (C=O) groups is 5. The zero-order valence-corrected chi connectivity index (χ0v) is 17.7. The molecule has 1 aromatic heterocycles. The monoisotopic (exact) mass is 472 g/mol. The summed E-state index contributed by atoms with van der Waals surface area (Å²) in [6.07, 6.45) is -0.272. The predicted molar refractivity (Wildman–Crippen MR) is 108 cm³/mol. The number of carboxylic acid groups (broad SMARTS) is 3. The number of hydrogen-bond acceptors (Lipinski definition) is 7. The van der Waals surface area contributed by atoms with Crippen molar-refractivity contribution in [1.29, 1.82) is 0 Å². The van der Waals surface area contributed by atoms with Crippen LogP contribution in [-0.4, -0.2) is 75.9 Å². The van der Waals surface area contributed by atoms with Crippen molar-refractivity contribution in [3.8, 4) is 5.88 Å². The Hall–Kier alpha value is -3.97. The second-order valence-electron chi connectivity index (χ2n) is 6.77. The van der Waals surface area contributed by atoms with E-state index in [1.807, 2.05) is 5.32 Å². The molecule has 182 valence electrons. The SMILES string of the molecule is COc1nc(F)ccc1C(=O)NCCCC[C@H](NC(=O)N[C@@H](CCC(=O)O)C(=O)O)C(=O)O. The maximum Gasteiger partial charge on any atom is 0.326 e. The van der Waals surface area contributed by atoms with E-state index in [-0.39, 0.29) is 37.3 Å². The third-order valence-corrected chi connectivity index (χ3v) is 4.32. The summed E-state index contributed by atoms with van der Waals surface area (Å²) in [4.78, 5) is 60.6. The van der Waals surface area contributed by atoms with Gasteiger partial charge in [-0.3, -0.25) is 9.59 Å². The first kappa shape index (κ1) is 27.1. The van der Waals surface area contributed by atoms with Crippen LogP contribution in [-0.2, 0) is 14.4 Å². The van der Waals surface area contributed by atoms with E-state index in [0.717, 1.165) is 6.07 Å². The van der Waals surface area contributed by atoms with Gasteiger partial charge in [0.05, 0.1) is 7.11 Å². The Morgan fingerprint density at radius 1 is 1.00 bits per heavy atom. The van der Waals surface area contributed by atoms with Crippen molar-refractivity contribution in [2.45, 2.75) is 44.2 Å². The van der Waals surface area contributed by atoms with Crippen molar-refractivity contribution in [3.63, 3.8) is 0 Å². The summed E-state index contributed by atoms with van der Waals surface area (Å²) >= 11 is 0. The smallest absolute Gasteiger partial charge is 0.326 e. The van der Waals surface area contributed by atoms with Gasteiger partial charge in [-0.15, -0.1) is 0 Å². The number of hydrogen-bond donors (Lipinski definition) is 6. The molecule has 0 saturated heterocycles. The number of pyridine rings is 1. The number of aromatic nitrogens is 1. The molecule has 0 saturated carbocycles. The van der Waals surface area contributed by atoms with Gasteiger partial charge in [-0.1, -0.05) is 0 Å². The van der Waals surface area contributed by atoms with Crippen LogP contribution in [0.2, 0.25) is 0 Å². The molecule has 2 atom stereocenters. The summed E-state index contributed by atoms with van der Waals surface area (Å²) in [5, 5.41) is 33.6. The van der Waals surface area contributed by atoms with Gasteiger partial charge in [-0.2, -0.15) is 9.37 Å². The topological polar surface area (TPSA) is 204 Å². The number of nitrogens with zero attached hydrogens (tertiary/aromatic N) is 1. The normalized spacial score (nSPS) is 12.2. The molecular weight excluding hydrogens is 447 g/mol. The molecule has 0 aliphatic rings. The molecule has 0 unspecified atom stereocenters. The van der Waals surface area contributed by atoms with Gasteiger partial charge in [0, 0.05) is 13.0 Å².